The number of hydrogen-bond donors (Lipinski definition) is 1. The Labute approximate surface area is 227 Å². The Kier molecular flexibility index (Phi) is 7.50. The first-order chi connectivity index (χ1) is 18.7. The molecule has 2 aromatic carbocycles. The number of aromatic nitrogens is 2. The van der Waals surface area contributed by atoms with Gasteiger partial charge < -0.3 is 15.0 Å². The maximum absolute atomic E-state index is 15.1. The summed E-state index contributed by atoms with van der Waals surface area (Å²) >= 11 is 0. The van der Waals surface area contributed by atoms with Crippen molar-refractivity contribution in [2.75, 3.05) is 36.4 Å². The summed E-state index contributed by atoms with van der Waals surface area (Å²) in [5.41, 5.74) is 3.60. The second-order valence-corrected chi connectivity index (χ2v) is 11.9. The van der Waals surface area contributed by atoms with Crippen molar-refractivity contribution in [2.24, 2.45) is 0 Å². The van der Waals surface area contributed by atoms with Crippen LogP contribution in [0.3, 0.4) is 0 Å². The molecule has 1 saturated carbocycles. The fourth-order valence-electron chi connectivity index (χ4n) is 4.67. The zero-order valence-electron chi connectivity index (χ0n) is 21.8. The van der Waals surface area contributed by atoms with E-state index in [1.165, 1.54) is 16.4 Å². The highest BCUT2D eigenvalue weighted by atomic mass is 32.2. The number of sulfonamides is 1. The second kappa shape index (κ2) is 11.0. The molecule has 0 amide bonds. The number of anilines is 3. The number of halogens is 1. The van der Waals surface area contributed by atoms with Crippen LogP contribution in [0.15, 0.2) is 48.7 Å². The Balaban J connectivity index is 1.24. The van der Waals surface area contributed by atoms with E-state index < -0.39 is 15.8 Å². The number of rotatable bonds is 8. The van der Waals surface area contributed by atoms with Crippen molar-refractivity contribution in [3.63, 3.8) is 0 Å². The van der Waals surface area contributed by atoms with E-state index in [9.17, 15) is 8.42 Å². The predicted molar refractivity (Wildman–Crippen MR) is 148 cm³/mol. The molecule has 1 saturated heterocycles. The maximum Gasteiger partial charge on any atom is 0.230 e. The maximum atomic E-state index is 15.1. The molecule has 9 nitrogen and oxygen atoms in total. The molecule has 1 aliphatic carbocycles. The van der Waals surface area contributed by atoms with E-state index in [2.05, 4.69) is 15.3 Å². The van der Waals surface area contributed by atoms with Crippen molar-refractivity contribution in [2.45, 2.75) is 31.9 Å². The molecule has 3 aromatic rings. The average molecular weight is 549 g/mol. The molecule has 0 atom stereocenters. The molecule has 1 aliphatic heterocycles. The SMILES string of the molecule is Cc1cc(/C=C/C#N)cc(C)c1Oc1ccnc(Nc2ccc(N3CCN(S(=O)(=O)C4CC4)CC3)c(F)c2)n1. The van der Waals surface area contributed by atoms with Crippen LogP contribution in [0.2, 0.25) is 0 Å². The molecule has 39 heavy (non-hydrogen) atoms. The number of nitriles is 1. The summed E-state index contributed by atoms with van der Waals surface area (Å²) in [6, 6.07) is 12.3. The van der Waals surface area contributed by atoms with Gasteiger partial charge in [0.15, 0.2) is 0 Å². The fourth-order valence-corrected chi connectivity index (χ4v) is 6.49. The number of benzene rings is 2. The average Bonchev–Trinajstić information content (AvgIpc) is 3.77. The minimum atomic E-state index is -3.21. The summed E-state index contributed by atoms with van der Waals surface area (Å²) in [5.74, 6) is 0.828. The molecular weight excluding hydrogens is 519 g/mol. The van der Waals surface area contributed by atoms with Gasteiger partial charge in [-0.1, -0.05) is 0 Å². The number of nitrogens with one attached hydrogen (secondary N) is 1. The molecule has 1 N–H and O–H groups in total. The van der Waals surface area contributed by atoms with Crippen molar-refractivity contribution in [1.82, 2.24) is 14.3 Å². The van der Waals surface area contributed by atoms with Gasteiger partial charge in [0.05, 0.1) is 17.0 Å². The number of allylic oxidation sites excluding steroid dienone is 1. The largest absolute Gasteiger partial charge is 0.438 e. The molecule has 0 radical (unpaired) electrons. The lowest BCUT2D eigenvalue weighted by atomic mass is 10.1. The molecule has 202 valence electrons. The van der Waals surface area contributed by atoms with Crippen LogP contribution in [-0.4, -0.2) is 54.1 Å². The molecule has 2 fully saturated rings. The Bertz CT molecular complexity index is 1530. The molecule has 0 bridgehead atoms. The molecule has 11 heteroatoms. The van der Waals surface area contributed by atoms with Gasteiger partial charge in [-0.3, -0.25) is 0 Å². The van der Waals surface area contributed by atoms with Gasteiger partial charge >= 0.3 is 0 Å². The first-order valence-corrected chi connectivity index (χ1v) is 14.2. The van der Waals surface area contributed by atoms with E-state index in [0.29, 0.717) is 49.2 Å². The van der Waals surface area contributed by atoms with Crippen LogP contribution in [0, 0.1) is 31.0 Å². The fraction of sp³-hybridized carbons (Fsp3) is 0.321. The third-order valence-corrected chi connectivity index (χ3v) is 9.16. The van der Waals surface area contributed by atoms with Gasteiger partial charge in [0.25, 0.3) is 0 Å². The van der Waals surface area contributed by atoms with Crippen LogP contribution in [0.1, 0.15) is 29.5 Å². The van der Waals surface area contributed by atoms with E-state index in [-0.39, 0.29) is 11.2 Å². The molecule has 0 spiro atoms. The topological polar surface area (TPSA) is 111 Å². The Morgan fingerprint density at radius 1 is 1.10 bits per heavy atom. The van der Waals surface area contributed by atoms with Gasteiger partial charge in [0.1, 0.15) is 11.6 Å². The summed E-state index contributed by atoms with van der Waals surface area (Å²) < 4.78 is 47.6. The lowest BCUT2D eigenvalue weighted by Gasteiger charge is -2.35. The zero-order valence-corrected chi connectivity index (χ0v) is 22.6. The summed E-state index contributed by atoms with van der Waals surface area (Å²) in [7, 11) is -3.21. The van der Waals surface area contributed by atoms with Gasteiger partial charge in [-0.2, -0.15) is 14.6 Å². The van der Waals surface area contributed by atoms with Crippen LogP contribution in [0.4, 0.5) is 21.7 Å². The third kappa shape index (κ3) is 6.02. The van der Waals surface area contributed by atoms with E-state index >= 15 is 4.39 Å². The first kappa shape index (κ1) is 26.6. The molecular formula is C28H29FN6O3S. The normalized spacial score (nSPS) is 16.3. The Morgan fingerprint density at radius 2 is 1.82 bits per heavy atom. The van der Waals surface area contributed by atoms with Gasteiger partial charge in [0, 0.05) is 50.2 Å². The molecule has 2 heterocycles. The standard InChI is InChI=1S/C28H29FN6O3S/c1-19-16-21(4-3-10-30)17-20(2)27(19)38-26-9-11-31-28(33-26)32-22-5-8-25(24(29)18-22)34-12-14-35(15-13-34)39(36,37)23-6-7-23/h3-5,8-9,11,16-18,23H,6-7,12-15H2,1-2H3,(H,31,32,33)/b4-3+. The van der Waals surface area contributed by atoms with Crippen LogP contribution in [0.5, 0.6) is 11.6 Å². The number of aryl methyl sites for hydroxylation is 2. The monoisotopic (exact) mass is 548 g/mol. The molecule has 1 aromatic heterocycles. The molecule has 2 aliphatic rings. The third-order valence-electron chi connectivity index (χ3n) is 6.76. The number of hydrogen-bond acceptors (Lipinski definition) is 8. The summed E-state index contributed by atoms with van der Waals surface area (Å²) in [5, 5.41) is 11.5. The Hall–Kier alpha value is -4.01. The number of ether oxygens (including phenoxy) is 1. The van der Waals surface area contributed by atoms with Gasteiger partial charge in [-0.05, 0) is 79.8 Å². The second-order valence-electron chi connectivity index (χ2n) is 9.69. The predicted octanol–water partition coefficient (Wildman–Crippen LogP) is 4.92. The Morgan fingerprint density at radius 3 is 2.46 bits per heavy atom. The van der Waals surface area contributed by atoms with Crippen LogP contribution >= 0.6 is 0 Å². The molecule has 0 unspecified atom stereocenters. The smallest absolute Gasteiger partial charge is 0.230 e. The van der Waals surface area contributed by atoms with Crippen molar-refractivity contribution in [1.29, 1.82) is 5.26 Å². The quantitative estimate of drug-likeness (QED) is 0.395. The summed E-state index contributed by atoms with van der Waals surface area (Å²) in [6.07, 6.45) is 6.19. The molecule has 5 rings (SSSR count). The van der Waals surface area contributed by atoms with E-state index in [4.69, 9.17) is 10.00 Å². The highest BCUT2D eigenvalue weighted by Gasteiger charge is 2.41. The summed E-state index contributed by atoms with van der Waals surface area (Å²) in [6.45, 7) is 5.43. The van der Waals surface area contributed by atoms with E-state index in [1.54, 1.807) is 30.5 Å². The van der Waals surface area contributed by atoms with Gasteiger partial charge in [0.2, 0.25) is 21.9 Å². The van der Waals surface area contributed by atoms with Gasteiger partial charge in [-0.25, -0.2) is 17.8 Å². The zero-order chi connectivity index (χ0) is 27.6. The van der Waals surface area contributed by atoms with Gasteiger partial charge in [-0.15, -0.1) is 0 Å². The lowest BCUT2D eigenvalue weighted by Crippen LogP contribution is -2.49. The van der Waals surface area contributed by atoms with Crippen LogP contribution < -0.4 is 15.0 Å². The number of piperazine rings is 1. The van der Waals surface area contributed by atoms with Crippen LogP contribution in [0.25, 0.3) is 6.08 Å². The lowest BCUT2D eigenvalue weighted by molar-refractivity contribution is 0.382. The minimum absolute atomic E-state index is 0.233. The highest BCUT2D eigenvalue weighted by Crippen LogP contribution is 2.33. The van der Waals surface area contributed by atoms with E-state index in [1.807, 2.05) is 36.9 Å². The minimum Gasteiger partial charge on any atom is -0.438 e. The first-order valence-electron chi connectivity index (χ1n) is 12.7. The van der Waals surface area contributed by atoms with Crippen molar-refractivity contribution < 1.29 is 17.5 Å². The van der Waals surface area contributed by atoms with Crippen molar-refractivity contribution in [3.05, 3.63) is 71.2 Å². The highest BCUT2D eigenvalue weighted by molar-refractivity contribution is 7.90. The van der Waals surface area contributed by atoms with Crippen molar-refractivity contribution in [3.8, 4) is 17.7 Å². The van der Waals surface area contributed by atoms with Crippen LogP contribution in [-0.2, 0) is 10.0 Å². The van der Waals surface area contributed by atoms with E-state index in [0.717, 1.165) is 29.5 Å². The summed E-state index contributed by atoms with van der Waals surface area (Å²) in [4.78, 5) is 10.5. The van der Waals surface area contributed by atoms with Crippen molar-refractivity contribution >= 4 is 33.4 Å². The number of nitrogens with zero attached hydrogens (tertiary/aromatic N) is 5.